The van der Waals surface area contributed by atoms with E-state index in [1.54, 1.807) is 13.1 Å². The third-order valence-electron chi connectivity index (χ3n) is 5.06. The van der Waals surface area contributed by atoms with Gasteiger partial charge in [-0.25, -0.2) is 0 Å². The number of ether oxygens (including phenoxy) is 1. The second-order valence-electron chi connectivity index (χ2n) is 6.85. The molecule has 3 aromatic rings. The summed E-state index contributed by atoms with van der Waals surface area (Å²) in [5, 5.41) is 0.891. The normalized spacial score (nSPS) is 17.2. The molecular weight excluding hydrogens is 340 g/mol. The molecule has 0 spiro atoms. The topological polar surface area (TPSA) is 51.5 Å². The molecule has 0 unspecified atom stereocenters. The van der Waals surface area contributed by atoms with Crippen molar-refractivity contribution in [3.05, 3.63) is 71.9 Å². The molecule has 0 aliphatic carbocycles. The molecule has 1 saturated heterocycles. The minimum Gasteiger partial charge on any atom is -0.370 e. The summed E-state index contributed by atoms with van der Waals surface area (Å²) in [6.45, 7) is 3.43. The molecule has 0 bridgehead atoms. The standard InChI is InChI=1S/C22H22N2O3/c1-16(25)19-13-24(20-10-6-5-9-18(19)20)15-22(26)23-11-12-27-21(14-23)17-7-3-2-4-8-17/h2-10,13,21H,11-12,14-15H2,1H3/t21-/m0/s1. The number of rotatable bonds is 4. The van der Waals surface area contributed by atoms with Gasteiger partial charge in [-0.1, -0.05) is 48.5 Å². The van der Waals surface area contributed by atoms with E-state index in [2.05, 4.69) is 0 Å². The number of benzene rings is 2. The van der Waals surface area contributed by atoms with Crippen LogP contribution in [0.1, 0.15) is 28.9 Å². The fraction of sp³-hybridized carbons (Fsp3) is 0.273. The van der Waals surface area contributed by atoms with Crippen LogP contribution in [0.5, 0.6) is 0 Å². The minimum absolute atomic E-state index is 0.00733. The van der Waals surface area contributed by atoms with Crippen LogP contribution in [0.3, 0.4) is 0 Å². The number of fused-ring (bicyclic) bond motifs is 1. The van der Waals surface area contributed by atoms with Crippen molar-refractivity contribution >= 4 is 22.6 Å². The first-order valence-electron chi connectivity index (χ1n) is 9.16. The Balaban J connectivity index is 1.54. The van der Waals surface area contributed by atoms with Crippen LogP contribution in [-0.2, 0) is 16.1 Å². The summed E-state index contributed by atoms with van der Waals surface area (Å²) < 4.78 is 7.73. The van der Waals surface area contributed by atoms with Crippen molar-refractivity contribution in [1.29, 1.82) is 0 Å². The van der Waals surface area contributed by atoms with Crippen LogP contribution < -0.4 is 0 Å². The Bertz CT molecular complexity index is 978. The lowest BCUT2D eigenvalue weighted by molar-refractivity contribution is -0.139. The molecule has 2 heterocycles. The number of para-hydroxylation sites is 1. The van der Waals surface area contributed by atoms with Gasteiger partial charge in [-0.3, -0.25) is 9.59 Å². The van der Waals surface area contributed by atoms with Crippen molar-refractivity contribution in [2.45, 2.75) is 19.6 Å². The molecule has 1 amide bonds. The third-order valence-corrected chi connectivity index (χ3v) is 5.06. The first-order chi connectivity index (χ1) is 13.1. The van der Waals surface area contributed by atoms with E-state index in [9.17, 15) is 9.59 Å². The van der Waals surface area contributed by atoms with Crippen molar-refractivity contribution in [1.82, 2.24) is 9.47 Å². The fourth-order valence-electron chi connectivity index (χ4n) is 3.65. The molecule has 0 N–H and O–H groups in total. The molecule has 5 nitrogen and oxygen atoms in total. The van der Waals surface area contributed by atoms with E-state index in [1.165, 1.54) is 0 Å². The molecule has 4 rings (SSSR count). The number of ketones is 1. The Labute approximate surface area is 158 Å². The van der Waals surface area contributed by atoms with Gasteiger partial charge < -0.3 is 14.2 Å². The summed E-state index contributed by atoms with van der Waals surface area (Å²) >= 11 is 0. The first kappa shape index (κ1) is 17.5. The second-order valence-corrected chi connectivity index (χ2v) is 6.85. The number of nitrogens with zero attached hydrogens (tertiary/aromatic N) is 2. The summed E-state index contributed by atoms with van der Waals surface area (Å²) in [7, 11) is 0. The van der Waals surface area contributed by atoms with Gasteiger partial charge in [-0.15, -0.1) is 0 Å². The van der Waals surface area contributed by atoms with Crippen LogP contribution in [0, 0.1) is 0 Å². The monoisotopic (exact) mass is 362 g/mol. The van der Waals surface area contributed by atoms with Crippen LogP contribution >= 0.6 is 0 Å². The lowest BCUT2D eigenvalue weighted by Gasteiger charge is -2.33. The highest BCUT2D eigenvalue weighted by Crippen LogP contribution is 2.24. The summed E-state index contributed by atoms with van der Waals surface area (Å²) in [4.78, 5) is 26.7. The predicted molar refractivity (Wildman–Crippen MR) is 104 cm³/mol. The molecule has 1 aliphatic heterocycles. The molecular formula is C22H22N2O3. The molecule has 138 valence electrons. The number of morpholine rings is 1. The molecule has 0 saturated carbocycles. The Morgan fingerprint density at radius 1 is 1.07 bits per heavy atom. The Hall–Kier alpha value is -2.92. The number of hydrogen-bond acceptors (Lipinski definition) is 3. The van der Waals surface area contributed by atoms with E-state index in [0.717, 1.165) is 16.5 Å². The Kier molecular flexibility index (Phi) is 4.77. The van der Waals surface area contributed by atoms with Gasteiger partial charge >= 0.3 is 0 Å². The first-order valence-corrected chi connectivity index (χ1v) is 9.16. The molecule has 27 heavy (non-hydrogen) atoms. The number of hydrogen-bond donors (Lipinski definition) is 0. The quantitative estimate of drug-likeness (QED) is 0.668. The number of carbonyl (C=O) groups excluding carboxylic acids is 2. The van der Waals surface area contributed by atoms with Gasteiger partial charge in [-0.05, 0) is 18.6 Å². The molecule has 2 aromatic carbocycles. The van der Waals surface area contributed by atoms with Crippen LogP contribution in [0.2, 0.25) is 0 Å². The highest BCUT2D eigenvalue weighted by atomic mass is 16.5. The van der Waals surface area contributed by atoms with Gasteiger partial charge in [0, 0.05) is 29.2 Å². The Morgan fingerprint density at radius 3 is 2.59 bits per heavy atom. The zero-order valence-electron chi connectivity index (χ0n) is 15.3. The highest BCUT2D eigenvalue weighted by Gasteiger charge is 2.26. The number of Topliss-reactive ketones (excluding diaryl/α,β-unsaturated/α-hetero) is 1. The van der Waals surface area contributed by atoms with Gasteiger partial charge in [0.25, 0.3) is 0 Å². The van der Waals surface area contributed by atoms with Gasteiger partial charge in [-0.2, -0.15) is 0 Å². The van der Waals surface area contributed by atoms with Crippen molar-refractivity contribution in [2.24, 2.45) is 0 Å². The van der Waals surface area contributed by atoms with Gasteiger partial charge in [0.1, 0.15) is 12.6 Å². The zero-order valence-corrected chi connectivity index (χ0v) is 15.3. The number of amides is 1. The second kappa shape index (κ2) is 7.37. The largest absolute Gasteiger partial charge is 0.370 e. The van der Waals surface area contributed by atoms with Crippen LogP contribution in [0.25, 0.3) is 10.9 Å². The van der Waals surface area contributed by atoms with E-state index in [4.69, 9.17) is 4.74 Å². The molecule has 0 radical (unpaired) electrons. The molecule has 1 atom stereocenters. The summed E-state index contributed by atoms with van der Waals surface area (Å²) in [6.07, 6.45) is 1.69. The highest BCUT2D eigenvalue weighted by molar-refractivity contribution is 6.07. The minimum atomic E-state index is -0.0990. The van der Waals surface area contributed by atoms with E-state index >= 15 is 0 Å². The van der Waals surface area contributed by atoms with Gasteiger partial charge in [0.05, 0.1) is 13.2 Å². The third kappa shape index (κ3) is 3.51. The van der Waals surface area contributed by atoms with E-state index in [1.807, 2.05) is 64.1 Å². The maximum atomic E-state index is 12.9. The summed E-state index contributed by atoms with van der Waals surface area (Å²) in [5.41, 5.74) is 2.65. The smallest absolute Gasteiger partial charge is 0.242 e. The Morgan fingerprint density at radius 2 is 1.81 bits per heavy atom. The van der Waals surface area contributed by atoms with E-state index in [-0.39, 0.29) is 24.3 Å². The molecule has 5 heteroatoms. The van der Waals surface area contributed by atoms with Crippen LogP contribution in [0.15, 0.2) is 60.8 Å². The van der Waals surface area contributed by atoms with Crippen LogP contribution in [-0.4, -0.2) is 40.9 Å². The SMILES string of the molecule is CC(=O)c1cn(CC(=O)N2CCO[C@H](c3ccccc3)C2)c2ccccc12. The molecule has 1 aromatic heterocycles. The lowest BCUT2D eigenvalue weighted by Crippen LogP contribution is -2.43. The van der Waals surface area contributed by atoms with Crippen molar-refractivity contribution < 1.29 is 14.3 Å². The van der Waals surface area contributed by atoms with Crippen LogP contribution in [0.4, 0.5) is 0 Å². The summed E-state index contributed by atoms with van der Waals surface area (Å²) in [5.74, 6) is 0.0444. The van der Waals surface area contributed by atoms with Crippen molar-refractivity contribution in [2.75, 3.05) is 19.7 Å². The maximum absolute atomic E-state index is 12.9. The lowest BCUT2D eigenvalue weighted by atomic mass is 10.1. The zero-order chi connectivity index (χ0) is 18.8. The van der Waals surface area contributed by atoms with Crippen molar-refractivity contribution in [3.63, 3.8) is 0 Å². The van der Waals surface area contributed by atoms with E-state index in [0.29, 0.717) is 25.3 Å². The van der Waals surface area contributed by atoms with Gasteiger partial charge in [0.2, 0.25) is 5.91 Å². The molecule has 1 fully saturated rings. The molecule has 1 aliphatic rings. The number of aromatic nitrogens is 1. The van der Waals surface area contributed by atoms with Gasteiger partial charge in [0.15, 0.2) is 5.78 Å². The average molecular weight is 362 g/mol. The maximum Gasteiger partial charge on any atom is 0.242 e. The van der Waals surface area contributed by atoms with E-state index < -0.39 is 0 Å². The van der Waals surface area contributed by atoms with Crippen molar-refractivity contribution in [3.8, 4) is 0 Å². The predicted octanol–water partition coefficient (Wildman–Crippen LogP) is 3.44. The summed E-state index contributed by atoms with van der Waals surface area (Å²) in [6, 6.07) is 17.7. The number of carbonyl (C=O) groups is 2. The average Bonchev–Trinajstić information content (AvgIpc) is 3.08. The fourth-order valence-corrected chi connectivity index (χ4v) is 3.65.